The molecule has 4 aromatic carbocycles. The molecule has 8 rings (SSSR count). The molecule has 208 valence electrons. The first-order valence-electron chi connectivity index (χ1n) is 14.8. The number of benzene rings is 4. The van der Waals surface area contributed by atoms with Crippen LogP contribution in [0.4, 0.5) is 0 Å². The molecular formula is C40H28N4. The second kappa shape index (κ2) is 11.1. The normalized spacial score (nSPS) is 12.7. The molecular weight excluding hydrogens is 536 g/mol. The summed E-state index contributed by atoms with van der Waals surface area (Å²) < 4.78 is 0. The van der Waals surface area contributed by atoms with E-state index in [1.165, 1.54) is 43.8 Å². The van der Waals surface area contributed by atoms with Crippen LogP contribution in [0.25, 0.3) is 72.0 Å². The van der Waals surface area contributed by atoms with Crippen molar-refractivity contribution in [1.29, 1.82) is 0 Å². The summed E-state index contributed by atoms with van der Waals surface area (Å²) in [4.78, 5) is 14.3. The number of hydrogen-bond donors (Lipinski definition) is 1. The Morgan fingerprint density at radius 2 is 1.11 bits per heavy atom. The van der Waals surface area contributed by atoms with Crippen molar-refractivity contribution in [1.82, 2.24) is 20.3 Å². The quantitative estimate of drug-likeness (QED) is 0.212. The maximum atomic E-state index is 4.90. The smallest absolute Gasteiger partial charge is 0.0886 e. The molecule has 0 saturated carbocycles. The number of allylic oxidation sites excluding steroid dienone is 2. The van der Waals surface area contributed by atoms with Crippen LogP contribution in [0.5, 0.6) is 0 Å². The lowest BCUT2D eigenvalue weighted by atomic mass is 9.85. The van der Waals surface area contributed by atoms with Crippen molar-refractivity contribution < 1.29 is 0 Å². The standard InChI is InChI=1S/C40H28N4/c1-2-10-27(11-3-1)28-16-19-33-34(24-28)40(30-18-21-38(44-26-30)36-15-7-9-23-42-36)32-13-5-4-12-31(32)39(33)29-17-20-37(43-25-29)35-14-6-8-22-41-35/h1-21,23-26,41H,22H2. The largest absolute Gasteiger partial charge is 0.380 e. The minimum atomic E-state index is 0.813. The lowest BCUT2D eigenvalue weighted by Gasteiger charge is -2.19. The highest BCUT2D eigenvalue weighted by Gasteiger charge is 2.18. The first-order valence-corrected chi connectivity index (χ1v) is 14.8. The second-order valence-electron chi connectivity index (χ2n) is 10.9. The predicted molar refractivity (Wildman–Crippen MR) is 182 cm³/mol. The minimum absolute atomic E-state index is 0.813. The molecule has 0 unspecified atom stereocenters. The fourth-order valence-corrected chi connectivity index (χ4v) is 6.16. The van der Waals surface area contributed by atoms with Crippen LogP contribution in [-0.2, 0) is 0 Å². The minimum Gasteiger partial charge on any atom is -0.380 e. The lowest BCUT2D eigenvalue weighted by molar-refractivity contribution is 0.981. The number of hydrogen-bond acceptors (Lipinski definition) is 4. The average molecular weight is 565 g/mol. The third-order valence-corrected chi connectivity index (χ3v) is 8.25. The maximum absolute atomic E-state index is 4.90. The Hall–Kier alpha value is -5.87. The predicted octanol–water partition coefficient (Wildman–Crippen LogP) is 9.35. The molecule has 4 nitrogen and oxygen atoms in total. The van der Waals surface area contributed by atoms with Crippen LogP contribution >= 0.6 is 0 Å². The van der Waals surface area contributed by atoms with E-state index in [-0.39, 0.29) is 0 Å². The summed E-state index contributed by atoms with van der Waals surface area (Å²) in [6.45, 7) is 0.813. The molecule has 0 radical (unpaired) electrons. The Morgan fingerprint density at radius 3 is 1.77 bits per heavy atom. The summed E-state index contributed by atoms with van der Waals surface area (Å²) in [7, 11) is 0. The molecule has 0 fully saturated rings. The van der Waals surface area contributed by atoms with Crippen LogP contribution in [0, 0.1) is 0 Å². The van der Waals surface area contributed by atoms with Gasteiger partial charge in [-0.3, -0.25) is 15.0 Å². The molecule has 1 aliphatic rings. The maximum Gasteiger partial charge on any atom is 0.0886 e. The van der Waals surface area contributed by atoms with Crippen LogP contribution in [0.3, 0.4) is 0 Å². The summed E-state index contributed by atoms with van der Waals surface area (Å²) in [5.74, 6) is 0. The molecule has 4 heterocycles. The van der Waals surface area contributed by atoms with Gasteiger partial charge in [0.05, 0.1) is 22.8 Å². The molecule has 0 spiro atoms. The Morgan fingerprint density at radius 1 is 0.477 bits per heavy atom. The van der Waals surface area contributed by atoms with E-state index in [0.717, 1.165) is 40.5 Å². The van der Waals surface area contributed by atoms with Gasteiger partial charge in [-0.2, -0.15) is 0 Å². The number of fused-ring (bicyclic) bond motifs is 2. The van der Waals surface area contributed by atoms with Gasteiger partial charge >= 0.3 is 0 Å². The van der Waals surface area contributed by atoms with E-state index in [1.54, 1.807) is 6.20 Å². The highest BCUT2D eigenvalue weighted by atomic mass is 14.9. The van der Waals surface area contributed by atoms with Crippen molar-refractivity contribution in [3.63, 3.8) is 0 Å². The van der Waals surface area contributed by atoms with E-state index >= 15 is 0 Å². The van der Waals surface area contributed by atoms with E-state index in [2.05, 4.69) is 126 Å². The van der Waals surface area contributed by atoms with Crippen LogP contribution in [0.2, 0.25) is 0 Å². The number of dihydropyridines is 1. The van der Waals surface area contributed by atoms with E-state index in [4.69, 9.17) is 9.97 Å². The van der Waals surface area contributed by atoms with Gasteiger partial charge in [0.2, 0.25) is 0 Å². The lowest BCUT2D eigenvalue weighted by Crippen LogP contribution is -2.15. The first-order chi connectivity index (χ1) is 21.8. The Labute approximate surface area is 256 Å². The van der Waals surface area contributed by atoms with Crippen LogP contribution < -0.4 is 5.32 Å². The molecule has 1 N–H and O–H groups in total. The van der Waals surface area contributed by atoms with Gasteiger partial charge in [-0.05, 0) is 80.2 Å². The van der Waals surface area contributed by atoms with Gasteiger partial charge in [0.1, 0.15) is 0 Å². The zero-order valence-electron chi connectivity index (χ0n) is 24.0. The van der Waals surface area contributed by atoms with Crippen molar-refractivity contribution in [3.05, 3.63) is 158 Å². The van der Waals surface area contributed by atoms with Gasteiger partial charge in [0.15, 0.2) is 0 Å². The molecule has 7 aromatic rings. The fraction of sp³-hybridized carbons (Fsp3) is 0.0250. The highest BCUT2D eigenvalue weighted by Crippen LogP contribution is 2.44. The van der Waals surface area contributed by atoms with Crippen molar-refractivity contribution in [3.8, 4) is 44.8 Å². The number of nitrogens with zero attached hydrogens (tertiary/aromatic N) is 3. The van der Waals surface area contributed by atoms with E-state index in [9.17, 15) is 0 Å². The van der Waals surface area contributed by atoms with Crippen LogP contribution in [-0.4, -0.2) is 21.5 Å². The summed E-state index contributed by atoms with van der Waals surface area (Å²) in [5, 5.41) is 8.14. The van der Waals surface area contributed by atoms with Gasteiger partial charge in [-0.15, -0.1) is 0 Å². The number of pyridine rings is 3. The molecule has 44 heavy (non-hydrogen) atoms. The highest BCUT2D eigenvalue weighted by molar-refractivity contribution is 6.21. The summed E-state index contributed by atoms with van der Waals surface area (Å²) >= 11 is 0. The summed E-state index contributed by atoms with van der Waals surface area (Å²) in [6.07, 6.45) is 12.0. The van der Waals surface area contributed by atoms with Gasteiger partial charge in [0.25, 0.3) is 0 Å². The summed E-state index contributed by atoms with van der Waals surface area (Å²) in [6, 6.07) is 40.5. The van der Waals surface area contributed by atoms with Gasteiger partial charge < -0.3 is 5.32 Å². The molecule has 0 bridgehead atoms. The number of aromatic nitrogens is 3. The number of rotatable bonds is 5. The zero-order valence-corrected chi connectivity index (χ0v) is 24.0. The molecule has 4 heteroatoms. The van der Waals surface area contributed by atoms with Gasteiger partial charge in [-0.1, -0.05) is 97.1 Å². The molecule has 0 saturated heterocycles. The Balaban J connectivity index is 1.37. The molecule has 0 amide bonds. The van der Waals surface area contributed by atoms with Gasteiger partial charge in [0, 0.05) is 36.3 Å². The third-order valence-electron chi connectivity index (χ3n) is 8.25. The second-order valence-corrected chi connectivity index (χ2v) is 10.9. The Kier molecular flexibility index (Phi) is 6.50. The topological polar surface area (TPSA) is 50.7 Å². The fourth-order valence-electron chi connectivity index (χ4n) is 6.16. The van der Waals surface area contributed by atoms with E-state index in [1.807, 2.05) is 30.6 Å². The Bertz CT molecular complexity index is 2180. The number of nitrogens with one attached hydrogen (secondary N) is 1. The molecule has 1 aliphatic heterocycles. The van der Waals surface area contributed by atoms with Crippen molar-refractivity contribution in [2.75, 3.05) is 6.54 Å². The average Bonchev–Trinajstić information content (AvgIpc) is 3.12. The van der Waals surface area contributed by atoms with Crippen molar-refractivity contribution in [2.45, 2.75) is 0 Å². The van der Waals surface area contributed by atoms with Gasteiger partial charge in [-0.25, -0.2) is 0 Å². The van der Waals surface area contributed by atoms with E-state index in [0.29, 0.717) is 0 Å². The van der Waals surface area contributed by atoms with Crippen LogP contribution in [0.15, 0.2) is 152 Å². The zero-order chi connectivity index (χ0) is 29.3. The molecule has 0 atom stereocenters. The van der Waals surface area contributed by atoms with Crippen molar-refractivity contribution in [2.24, 2.45) is 0 Å². The third kappa shape index (κ3) is 4.63. The monoisotopic (exact) mass is 564 g/mol. The van der Waals surface area contributed by atoms with Crippen molar-refractivity contribution >= 4 is 27.2 Å². The molecule has 0 aliphatic carbocycles. The first kappa shape index (κ1) is 25.8. The van der Waals surface area contributed by atoms with E-state index < -0.39 is 0 Å². The molecule has 3 aromatic heterocycles. The SMILES string of the molecule is C1=CCNC(c2ccc(-c3c4ccccc4c(-c4ccc(-c5ccccn5)nc4)c4cc(-c5ccccc5)ccc34)cn2)=C1. The van der Waals surface area contributed by atoms with Crippen LogP contribution in [0.1, 0.15) is 5.69 Å². The summed E-state index contributed by atoms with van der Waals surface area (Å²) in [5.41, 5.74) is 10.6.